The Hall–Kier alpha value is -3.19. The van der Waals surface area contributed by atoms with E-state index in [9.17, 15) is 24.9 Å². The number of hydrogen-bond acceptors (Lipinski definition) is 13. The molecular formula is C35H53N6O9P. The summed E-state index contributed by atoms with van der Waals surface area (Å²) in [4.78, 5) is 18.6. The molecule has 15 nitrogen and oxygen atoms in total. The van der Waals surface area contributed by atoms with E-state index in [1.54, 1.807) is 12.1 Å². The fraction of sp³-hybridized carbons (Fsp3) is 0.657. The molecule has 4 rings (SSSR count). The van der Waals surface area contributed by atoms with Gasteiger partial charge in [-0.2, -0.15) is 10.4 Å². The number of phosphoric ester groups is 1. The third kappa shape index (κ3) is 11.7. The molecule has 3 aromatic heterocycles. The van der Waals surface area contributed by atoms with Crippen molar-refractivity contribution < 1.29 is 42.9 Å². The van der Waals surface area contributed by atoms with Crippen LogP contribution in [0.4, 0.5) is 5.82 Å². The number of phosphoric acid groups is 1. The van der Waals surface area contributed by atoms with Crippen molar-refractivity contribution >= 4 is 19.2 Å². The van der Waals surface area contributed by atoms with Crippen molar-refractivity contribution in [2.24, 2.45) is 0 Å². The minimum absolute atomic E-state index is 0.0302. The third-order valence-electron chi connectivity index (χ3n) is 9.11. The van der Waals surface area contributed by atoms with Gasteiger partial charge in [0.1, 0.15) is 29.7 Å². The molecule has 0 radical (unpaired) electrons. The molecule has 2 unspecified atom stereocenters. The Bertz CT molecular complexity index is 1610. The molecule has 1 saturated heterocycles. The predicted molar refractivity (Wildman–Crippen MR) is 189 cm³/mol. The van der Waals surface area contributed by atoms with Crippen LogP contribution in [0, 0.1) is 11.3 Å². The van der Waals surface area contributed by atoms with Crippen LogP contribution < -0.4 is 10.5 Å². The summed E-state index contributed by atoms with van der Waals surface area (Å²) in [5, 5.41) is 36.1. The molecule has 5 N–H and O–H groups in total. The van der Waals surface area contributed by atoms with E-state index in [-0.39, 0.29) is 30.6 Å². The smallest absolute Gasteiger partial charge is 0.469 e. The Morgan fingerprint density at radius 2 is 1.75 bits per heavy atom. The summed E-state index contributed by atoms with van der Waals surface area (Å²) in [7, 11) is -4.73. The summed E-state index contributed by atoms with van der Waals surface area (Å²) >= 11 is 0. The number of nitrogen functional groups attached to an aromatic ring is 1. The fourth-order valence-electron chi connectivity index (χ4n) is 6.07. The molecule has 16 heteroatoms. The number of aromatic nitrogens is 4. The maximum absolute atomic E-state index is 13.0. The second-order valence-electron chi connectivity index (χ2n) is 13.3. The van der Waals surface area contributed by atoms with Gasteiger partial charge in [0.25, 0.3) is 0 Å². The first-order chi connectivity index (χ1) is 24.5. The molecule has 4 heterocycles. The average molecular weight is 733 g/mol. The van der Waals surface area contributed by atoms with Crippen LogP contribution in [0.5, 0.6) is 5.88 Å². The van der Waals surface area contributed by atoms with Crippen LogP contribution in [0.2, 0.25) is 0 Å². The second kappa shape index (κ2) is 19.6. The molecule has 0 aromatic carbocycles. The summed E-state index contributed by atoms with van der Waals surface area (Å²) in [6.07, 6.45) is 14.9. The molecule has 5 atom stereocenters. The lowest BCUT2D eigenvalue weighted by Crippen LogP contribution is -2.49. The molecular weight excluding hydrogens is 679 g/mol. The van der Waals surface area contributed by atoms with Crippen LogP contribution >= 0.6 is 7.82 Å². The van der Waals surface area contributed by atoms with Crippen LogP contribution in [0.3, 0.4) is 0 Å². The number of fused-ring (bicyclic) bond motifs is 1. The quantitative estimate of drug-likeness (QED) is 0.0687. The van der Waals surface area contributed by atoms with Gasteiger partial charge in [0.05, 0.1) is 43.8 Å². The Kier molecular flexibility index (Phi) is 15.6. The van der Waals surface area contributed by atoms with Crippen LogP contribution in [-0.2, 0) is 28.7 Å². The Morgan fingerprint density at radius 3 is 2.43 bits per heavy atom. The van der Waals surface area contributed by atoms with Gasteiger partial charge in [0.2, 0.25) is 5.88 Å². The number of pyridine rings is 1. The van der Waals surface area contributed by atoms with Crippen LogP contribution in [0.15, 0.2) is 36.8 Å². The first-order valence-corrected chi connectivity index (χ1v) is 19.4. The largest absolute Gasteiger partial charge is 0.472 e. The molecule has 0 amide bonds. The number of aliphatic hydroxyl groups excluding tert-OH is 1. The topological polar surface area (TPSA) is 217 Å². The van der Waals surface area contributed by atoms with E-state index >= 15 is 0 Å². The Labute approximate surface area is 299 Å². The molecule has 3 aromatic rings. The first-order valence-electron chi connectivity index (χ1n) is 17.9. The van der Waals surface area contributed by atoms with Gasteiger partial charge in [-0.3, -0.25) is 9.05 Å². The van der Waals surface area contributed by atoms with E-state index in [0.717, 1.165) is 19.3 Å². The van der Waals surface area contributed by atoms with Crippen molar-refractivity contribution in [1.82, 2.24) is 19.6 Å². The van der Waals surface area contributed by atoms with E-state index < -0.39 is 44.4 Å². The van der Waals surface area contributed by atoms with Gasteiger partial charge in [-0.25, -0.2) is 19.0 Å². The lowest BCUT2D eigenvalue weighted by molar-refractivity contribution is -0.1000. The second-order valence-corrected chi connectivity index (χ2v) is 14.8. The van der Waals surface area contributed by atoms with Crippen LogP contribution in [0.25, 0.3) is 5.52 Å². The van der Waals surface area contributed by atoms with Gasteiger partial charge in [0, 0.05) is 18.9 Å². The molecule has 51 heavy (non-hydrogen) atoms. The summed E-state index contributed by atoms with van der Waals surface area (Å²) in [6, 6.07) is 8.14. The number of unbranched alkanes of at least 4 members (excludes halogenated alkanes) is 11. The number of hydrogen-bond donors (Lipinski definition) is 4. The number of ether oxygens (including phenoxy) is 3. The van der Waals surface area contributed by atoms with E-state index in [1.165, 1.54) is 93.9 Å². The number of nitriles is 1. The van der Waals surface area contributed by atoms with Crippen molar-refractivity contribution in [2.75, 3.05) is 38.8 Å². The van der Waals surface area contributed by atoms with Crippen LogP contribution in [0.1, 0.15) is 102 Å². The zero-order valence-corrected chi connectivity index (χ0v) is 30.6. The number of aliphatic hydroxyl groups is 2. The monoisotopic (exact) mass is 732 g/mol. The predicted octanol–water partition coefficient (Wildman–Crippen LogP) is 5.21. The highest BCUT2D eigenvalue weighted by molar-refractivity contribution is 7.47. The van der Waals surface area contributed by atoms with Gasteiger partial charge in [0.15, 0.2) is 11.4 Å². The molecule has 0 spiro atoms. The number of rotatable bonds is 24. The Morgan fingerprint density at radius 1 is 1.06 bits per heavy atom. The van der Waals surface area contributed by atoms with E-state index in [0.29, 0.717) is 17.7 Å². The molecule has 0 aliphatic carbocycles. The highest BCUT2D eigenvalue weighted by atomic mass is 31.2. The SMILES string of the molecule is CCCCCCCCCCCCCCOC[C@H](COP(=O)(O)OC[C@@]1(C)OCC(O)(c2ccc3c(N)ncnn23)[C@@H]1O)Oc1cc(C#N)ccn1. The summed E-state index contributed by atoms with van der Waals surface area (Å²) < 4.78 is 42.3. The highest BCUT2D eigenvalue weighted by Gasteiger charge is 2.58. The normalized spacial score (nSPS) is 22.2. The summed E-state index contributed by atoms with van der Waals surface area (Å²) in [5.41, 5.74) is 3.32. The van der Waals surface area contributed by atoms with Crippen LogP contribution in [-0.4, -0.2) is 85.5 Å². The number of nitrogens with two attached hydrogens (primary N) is 1. The molecule has 282 valence electrons. The molecule has 0 bridgehead atoms. The van der Waals surface area contributed by atoms with Gasteiger partial charge in [-0.15, -0.1) is 0 Å². The maximum atomic E-state index is 13.0. The zero-order valence-electron chi connectivity index (χ0n) is 29.7. The number of anilines is 1. The van der Waals surface area contributed by atoms with Crippen molar-refractivity contribution in [3.8, 4) is 11.9 Å². The molecule has 0 saturated carbocycles. The van der Waals surface area contributed by atoms with Gasteiger partial charge < -0.3 is 35.1 Å². The fourth-order valence-corrected chi connectivity index (χ4v) is 6.92. The van der Waals surface area contributed by atoms with E-state index in [1.807, 2.05) is 6.07 Å². The molecule has 1 aliphatic rings. The standard InChI is InChI=1S/C35H53N6O9P/c1-3-4-5-6-7-8-9-10-11-12-13-14-19-46-22-28(50-31-20-27(21-36)17-18-38-31)23-48-51(44,45)49-24-34(2)33(42)35(43,25-47-34)30-16-15-29-32(37)39-26-40-41(29)30/h15-18,20,26,28,33,42-43H,3-14,19,22-25H2,1-2H3,(H,44,45)(H2,37,39,40)/t28-,33-,34-,35?/m1/s1. The zero-order chi connectivity index (χ0) is 36.7. The van der Waals surface area contributed by atoms with Gasteiger partial charge in [-0.1, -0.05) is 77.6 Å². The van der Waals surface area contributed by atoms with Crippen molar-refractivity contribution in [3.63, 3.8) is 0 Å². The molecule has 1 fully saturated rings. The number of nitrogens with zero attached hydrogens (tertiary/aromatic N) is 5. The van der Waals surface area contributed by atoms with Crippen molar-refractivity contribution in [2.45, 2.75) is 114 Å². The average Bonchev–Trinajstić information content (AvgIpc) is 3.67. The third-order valence-corrected chi connectivity index (χ3v) is 10.0. The summed E-state index contributed by atoms with van der Waals surface area (Å²) in [5.74, 6) is 0.313. The minimum atomic E-state index is -4.73. The van der Waals surface area contributed by atoms with E-state index in [4.69, 9.17) is 29.0 Å². The molecule has 1 aliphatic heterocycles. The lowest BCUT2D eigenvalue weighted by Gasteiger charge is -2.32. The van der Waals surface area contributed by atoms with Crippen molar-refractivity contribution in [1.29, 1.82) is 5.26 Å². The lowest BCUT2D eigenvalue weighted by atomic mass is 9.86. The van der Waals surface area contributed by atoms with E-state index in [2.05, 4.69) is 22.0 Å². The highest BCUT2D eigenvalue weighted by Crippen LogP contribution is 2.47. The summed E-state index contributed by atoms with van der Waals surface area (Å²) in [6.45, 7) is 2.81. The first kappa shape index (κ1) is 40.6. The minimum Gasteiger partial charge on any atom is -0.469 e. The van der Waals surface area contributed by atoms with Gasteiger partial charge >= 0.3 is 7.82 Å². The van der Waals surface area contributed by atoms with Crippen molar-refractivity contribution in [3.05, 3.63) is 48.0 Å². The van der Waals surface area contributed by atoms with Gasteiger partial charge in [-0.05, 0) is 31.5 Å². The Balaban J connectivity index is 1.24. The maximum Gasteiger partial charge on any atom is 0.472 e.